The molecule has 4 N–H and O–H groups in total. The minimum atomic E-state index is -0.560. The lowest BCUT2D eigenvalue weighted by Crippen LogP contribution is -2.31. The highest BCUT2D eigenvalue weighted by Crippen LogP contribution is 2.40. The van der Waals surface area contributed by atoms with Gasteiger partial charge < -0.3 is 24.5 Å². The van der Waals surface area contributed by atoms with E-state index in [0.717, 1.165) is 44.3 Å². The van der Waals surface area contributed by atoms with Crippen molar-refractivity contribution in [1.82, 2.24) is 20.3 Å². The van der Waals surface area contributed by atoms with Crippen LogP contribution in [0.3, 0.4) is 0 Å². The van der Waals surface area contributed by atoms with Gasteiger partial charge in [0, 0.05) is 56.6 Å². The number of aryl methyl sites for hydroxylation is 1. The second kappa shape index (κ2) is 16.5. The molecule has 1 aliphatic rings. The standard InChI is InChI=1S/C35H40N4O6S/c1-39-19-18-36-35(39)46-23-29-20-31(26-12-10-24(22-40)11-13-26)45-34(44-29)27-16-14-25(15-17-27)30-7-3-2-6-28(30)21-37-32(41)8-4-5-9-33(42)38-43/h2-3,6-7,10-19,29,31,34,40,43H,4-5,8-9,20-23H2,1H3,(H,37,41)(H,38,42). The van der Waals surface area contributed by atoms with E-state index in [4.69, 9.17) is 14.7 Å². The van der Waals surface area contributed by atoms with Gasteiger partial charge in [-0.3, -0.25) is 14.8 Å². The molecule has 1 saturated heterocycles. The van der Waals surface area contributed by atoms with Crippen molar-refractivity contribution in [1.29, 1.82) is 0 Å². The van der Waals surface area contributed by atoms with E-state index in [1.165, 1.54) is 0 Å². The minimum Gasteiger partial charge on any atom is -0.392 e. The van der Waals surface area contributed by atoms with Gasteiger partial charge in [-0.1, -0.05) is 84.6 Å². The number of hydrogen-bond acceptors (Lipinski definition) is 8. The highest BCUT2D eigenvalue weighted by Gasteiger charge is 2.32. The summed E-state index contributed by atoms with van der Waals surface area (Å²) in [7, 11) is 1.98. The lowest BCUT2D eigenvalue weighted by Gasteiger charge is -2.36. The number of aliphatic hydroxyl groups is 1. The third-order valence-corrected chi connectivity index (χ3v) is 9.15. The van der Waals surface area contributed by atoms with Crippen molar-refractivity contribution in [3.8, 4) is 11.1 Å². The summed E-state index contributed by atoms with van der Waals surface area (Å²) in [5.41, 5.74) is 7.44. The first-order valence-electron chi connectivity index (χ1n) is 15.4. The average Bonchev–Trinajstić information content (AvgIpc) is 3.52. The fraction of sp³-hybridized carbons (Fsp3) is 0.343. The van der Waals surface area contributed by atoms with Crippen LogP contribution in [0.25, 0.3) is 11.1 Å². The van der Waals surface area contributed by atoms with E-state index in [9.17, 15) is 14.7 Å². The van der Waals surface area contributed by atoms with Crippen molar-refractivity contribution in [3.05, 3.63) is 107 Å². The summed E-state index contributed by atoms with van der Waals surface area (Å²) in [4.78, 5) is 28.0. The zero-order valence-electron chi connectivity index (χ0n) is 25.8. The Bertz CT molecular complexity index is 1580. The molecular weight excluding hydrogens is 604 g/mol. The number of aromatic nitrogens is 2. The monoisotopic (exact) mass is 644 g/mol. The lowest BCUT2D eigenvalue weighted by atomic mass is 9.97. The van der Waals surface area contributed by atoms with Crippen molar-refractivity contribution < 1.29 is 29.4 Å². The highest BCUT2D eigenvalue weighted by molar-refractivity contribution is 7.99. The molecule has 0 spiro atoms. The van der Waals surface area contributed by atoms with E-state index in [1.54, 1.807) is 23.4 Å². The first-order valence-corrected chi connectivity index (χ1v) is 16.4. The topological polar surface area (TPSA) is 135 Å². The van der Waals surface area contributed by atoms with Gasteiger partial charge in [0.1, 0.15) is 0 Å². The molecule has 1 aliphatic heterocycles. The van der Waals surface area contributed by atoms with Crippen molar-refractivity contribution >= 4 is 23.6 Å². The zero-order chi connectivity index (χ0) is 32.3. The number of hydroxylamine groups is 1. The Morgan fingerprint density at radius 1 is 0.957 bits per heavy atom. The number of unbranched alkanes of at least 4 members (excludes halogenated alkanes) is 1. The number of carbonyl (C=O) groups is 2. The molecule has 0 radical (unpaired) electrons. The second-order valence-electron chi connectivity index (χ2n) is 11.3. The largest absolute Gasteiger partial charge is 0.392 e. The third kappa shape index (κ3) is 9.05. The molecule has 3 aromatic carbocycles. The molecule has 3 unspecified atom stereocenters. The fourth-order valence-electron chi connectivity index (χ4n) is 5.37. The van der Waals surface area contributed by atoms with Crippen LogP contribution in [0.5, 0.6) is 0 Å². The smallest absolute Gasteiger partial charge is 0.243 e. The first kappa shape index (κ1) is 33.4. The van der Waals surface area contributed by atoms with Gasteiger partial charge in [-0.15, -0.1) is 0 Å². The van der Waals surface area contributed by atoms with Crippen LogP contribution in [0.1, 0.15) is 66.8 Å². The number of amides is 2. The van der Waals surface area contributed by atoms with Gasteiger partial charge in [0.2, 0.25) is 11.8 Å². The Balaban J connectivity index is 1.26. The van der Waals surface area contributed by atoms with Crippen LogP contribution in [0, 0.1) is 0 Å². The summed E-state index contributed by atoms with van der Waals surface area (Å²) in [6, 6.07) is 24.0. The van der Waals surface area contributed by atoms with Crippen molar-refractivity contribution in [2.24, 2.45) is 7.05 Å². The maximum Gasteiger partial charge on any atom is 0.243 e. The summed E-state index contributed by atoms with van der Waals surface area (Å²) in [5, 5.41) is 22.0. The number of nitrogens with zero attached hydrogens (tertiary/aromatic N) is 2. The van der Waals surface area contributed by atoms with Gasteiger partial charge in [-0.2, -0.15) is 0 Å². The fourth-order valence-corrected chi connectivity index (χ4v) is 6.32. The van der Waals surface area contributed by atoms with Crippen molar-refractivity contribution in [2.45, 2.75) is 68.9 Å². The summed E-state index contributed by atoms with van der Waals surface area (Å²) >= 11 is 1.66. The highest BCUT2D eigenvalue weighted by atomic mass is 32.2. The number of aliphatic hydroxyl groups excluding tert-OH is 1. The molecule has 0 saturated carbocycles. The predicted molar refractivity (Wildman–Crippen MR) is 174 cm³/mol. The van der Waals surface area contributed by atoms with Crippen LogP contribution in [0.2, 0.25) is 0 Å². The van der Waals surface area contributed by atoms with Gasteiger partial charge in [0.15, 0.2) is 11.4 Å². The quantitative estimate of drug-likeness (QED) is 0.0603. The Labute approximate surface area is 273 Å². The van der Waals surface area contributed by atoms with Crippen LogP contribution in [0.4, 0.5) is 0 Å². The lowest BCUT2D eigenvalue weighted by molar-refractivity contribution is -0.245. The van der Waals surface area contributed by atoms with E-state index in [-0.39, 0.29) is 31.1 Å². The average molecular weight is 645 g/mol. The Hall–Kier alpha value is -4.00. The number of hydrogen-bond donors (Lipinski definition) is 4. The number of carbonyl (C=O) groups excluding carboxylic acids is 2. The van der Waals surface area contributed by atoms with E-state index in [2.05, 4.69) is 10.3 Å². The second-order valence-corrected chi connectivity index (χ2v) is 12.3. The van der Waals surface area contributed by atoms with Crippen LogP contribution in [-0.2, 0) is 39.3 Å². The molecule has 3 atom stereocenters. The number of rotatable bonds is 14. The molecule has 5 rings (SSSR count). The molecule has 10 nitrogen and oxygen atoms in total. The van der Waals surface area contributed by atoms with Gasteiger partial charge >= 0.3 is 0 Å². The van der Waals surface area contributed by atoms with Gasteiger partial charge in [0.05, 0.1) is 18.8 Å². The molecule has 0 aliphatic carbocycles. The SMILES string of the molecule is Cn1ccnc1SCC1CC(c2ccc(CO)cc2)OC(c2ccc(-c3ccccc3CNC(=O)CCCCC(=O)NO)cc2)O1. The van der Waals surface area contributed by atoms with Gasteiger partial charge in [-0.25, -0.2) is 10.5 Å². The van der Waals surface area contributed by atoms with Crippen molar-refractivity contribution in [2.75, 3.05) is 5.75 Å². The van der Waals surface area contributed by atoms with Crippen LogP contribution < -0.4 is 10.8 Å². The summed E-state index contributed by atoms with van der Waals surface area (Å²) in [6.45, 7) is 0.380. The van der Waals surface area contributed by atoms with Crippen LogP contribution >= 0.6 is 11.8 Å². The Morgan fingerprint density at radius 2 is 1.67 bits per heavy atom. The molecule has 2 amide bonds. The first-order chi connectivity index (χ1) is 22.4. The summed E-state index contributed by atoms with van der Waals surface area (Å²) in [5.74, 6) is 0.192. The molecule has 2 heterocycles. The number of imidazole rings is 1. The zero-order valence-corrected chi connectivity index (χ0v) is 26.6. The maximum absolute atomic E-state index is 12.4. The normalized spacial score (nSPS) is 17.8. The van der Waals surface area contributed by atoms with Crippen LogP contribution in [-0.4, -0.2) is 43.5 Å². The molecule has 242 valence electrons. The molecule has 1 fully saturated rings. The number of nitrogens with one attached hydrogen (secondary N) is 2. The molecule has 1 aromatic heterocycles. The molecule has 4 aromatic rings. The van der Waals surface area contributed by atoms with Crippen LogP contribution in [0.15, 0.2) is 90.3 Å². The van der Waals surface area contributed by atoms with Crippen molar-refractivity contribution in [3.63, 3.8) is 0 Å². The Kier molecular flexibility index (Phi) is 12.0. The Morgan fingerprint density at radius 3 is 2.37 bits per heavy atom. The molecule has 0 bridgehead atoms. The van der Waals surface area contributed by atoms with E-state index < -0.39 is 12.2 Å². The summed E-state index contributed by atoms with van der Waals surface area (Å²) in [6.07, 6.45) is 5.20. The third-order valence-electron chi connectivity index (χ3n) is 7.96. The number of benzene rings is 3. The van der Waals surface area contributed by atoms with Gasteiger partial charge in [0.25, 0.3) is 0 Å². The number of thioether (sulfide) groups is 1. The summed E-state index contributed by atoms with van der Waals surface area (Å²) < 4.78 is 15.0. The number of ether oxygens (including phenoxy) is 2. The van der Waals surface area contributed by atoms with E-state index in [1.807, 2.05) is 90.6 Å². The molecule has 46 heavy (non-hydrogen) atoms. The van der Waals surface area contributed by atoms with E-state index in [0.29, 0.717) is 32.2 Å². The molecular formula is C35H40N4O6S. The van der Waals surface area contributed by atoms with E-state index >= 15 is 0 Å². The predicted octanol–water partition coefficient (Wildman–Crippen LogP) is 5.60. The van der Waals surface area contributed by atoms with Gasteiger partial charge in [-0.05, 0) is 40.7 Å². The molecule has 11 heteroatoms. The maximum atomic E-state index is 12.4. The minimum absolute atomic E-state index is 0.00426.